The molecule has 5 heterocycles. The molecule has 0 spiro atoms. The molecule has 9 N–H and O–H groups in total. The summed E-state index contributed by atoms with van der Waals surface area (Å²) < 4.78 is 47.6. The van der Waals surface area contributed by atoms with Crippen LogP contribution in [0.15, 0.2) is 28.7 Å². The van der Waals surface area contributed by atoms with Gasteiger partial charge in [-0.25, -0.2) is 9.78 Å². The van der Waals surface area contributed by atoms with Gasteiger partial charge in [-0.3, -0.25) is 19.6 Å². The van der Waals surface area contributed by atoms with Crippen LogP contribution in [0.25, 0.3) is 0 Å². The van der Waals surface area contributed by atoms with Crippen LogP contribution in [-0.2, 0) is 45.1 Å². The number of hydroxylamine groups is 2. The highest BCUT2D eigenvalue weighted by atomic mass is 32.3. The fourth-order valence-corrected chi connectivity index (χ4v) is 7.67. The molecule has 2 aromatic rings. The number of aryl methyl sites for hydroxylation is 1. The lowest BCUT2D eigenvalue weighted by Gasteiger charge is -2.50. The summed E-state index contributed by atoms with van der Waals surface area (Å²) in [6.07, 6.45) is 0.915. The Bertz CT molecular complexity index is 1910. The molecule has 0 unspecified atom stereocenters. The number of nitrogens with zero attached hydrogens (tertiary/aromatic N) is 3. The number of carboxylic acids is 1. The summed E-state index contributed by atoms with van der Waals surface area (Å²) in [5.41, 5.74) is 8.14. The Labute approximate surface area is 289 Å². The zero-order chi connectivity index (χ0) is 36.4. The van der Waals surface area contributed by atoms with E-state index in [4.69, 9.17) is 35.7 Å². The van der Waals surface area contributed by atoms with Crippen molar-refractivity contribution in [3.05, 3.63) is 40.4 Å². The van der Waals surface area contributed by atoms with Crippen molar-refractivity contribution in [3.63, 3.8) is 0 Å². The number of carbonyl (C=O) groups is 3. The molecular weight excluding hydrogens is 700 g/mol. The third-order valence-corrected chi connectivity index (χ3v) is 10.5. The molecule has 50 heavy (non-hydrogen) atoms. The molecule has 3 saturated heterocycles. The fraction of sp³-hybridized carbons (Fsp3) is 0.517. The first kappa shape index (κ1) is 35.4. The Kier molecular flexibility index (Phi) is 8.59. The number of β-lactam (4-membered cyclic amide) rings is 1. The average molecular weight is 737 g/mol. The van der Waals surface area contributed by atoms with Crippen molar-refractivity contribution in [1.29, 1.82) is 5.41 Å². The number of amidine groups is 1. The van der Waals surface area contributed by atoms with Gasteiger partial charge in [-0.15, -0.1) is 15.6 Å². The van der Waals surface area contributed by atoms with E-state index >= 15 is 0 Å². The Hall–Kier alpha value is -4.41. The van der Waals surface area contributed by atoms with E-state index in [1.807, 2.05) is 0 Å². The quantitative estimate of drug-likeness (QED) is 0.0484. The maximum atomic E-state index is 13.5. The summed E-state index contributed by atoms with van der Waals surface area (Å²) in [7, 11) is -5.03. The number of nitrogen functional groups attached to an aromatic ring is 1. The molecule has 4 aliphatic heterocycles. The largest absolute Gasteiger partial charge is 0.485 e. The SMILES string of the molecule is CC1(C)[C@H](NC(=O)/C(=N\O[C@](C)(C(=O)O)[C@H]2CCc3cc(C(=N)NC45COC(CN)(C4)C5)ccc3O2)c2csc(N)n2)C(=O)N1OS(=O)(=O)O. The second-order valence-corrected chi connectivity index (χ2v) is 15.4. The molecule has 270 valence electrons. The molecule has 2 bridgehead atoms. The number of benzene rings is 1. The maximum Gasteiger partial charge on any atom is 0.418 e. The van der Waals surface area contributed by atoms with Gasteiger partial charge in [0.05, 0.1) is 23.3 Å². The highest BCUT2D eigenvalue weighted by Crippen LogP contribution is 2.51. The minimum absolute atomic E-state index is 0.0525. The molecule has 5 aliphatic rings. The molecule has 21 heteroatoms. The minimum atomic E-state index is -5.03. The number of ether oxygens (including phenoxy) is 2. The number of anilines is 1. The van der Waals surface area contributed by atoms with Crippen molar-refractivity contribution in [2.75, 3.05) is 18.9 Å². The van der Waals surface area contributed by atoms with Crippen LogP contribution < -0.4 is 26.8 Å². The zero-order valence-corrected chi connectivity index (χ0v) is 28.7. The number of hydrogen-bond donors (Lipinski definition) is 7. The molecule has 4 fully saturated rings. The summed E-state index contributed by atoms with van der Waals surface area (Å²) in [6, 6.07) is 3.80. The van der Waals surface area contributed by atoms with Crippen LogP contribution in [0.1, 0.15) is 56.9 Å². The van der Waals surface area contributed by atoms with Gasteiger partial charge in [-0.2, -0.15) is 13.5 Å². The molecule has 3 atom stereocenters. The number of hydrogen-bond acceptors (Lipinski definition) is 15. The summed E-state index contributed by atoms with van der Waals surface area (Å²) in [5, 5.41) is 30.3. The van der Waals surface area contributed by atoms with E-state index in [1.54, 1.807) is 18.2 Å². The van der Waals surface area contributed by atoms with Gasteiger partial charge in [0.15, 0.2) is 16.9 Å². The van der Waals surface area contributed by atoms with Gasteiger partial charge in [0.1, 0.15) is 23.3 Å². The number of carbonyl (C=O) groups excluding carboxylic acids is 2. The number of fused-ring (bicyclic) bond motifs is 2. The first-order chi connectivity index (χ1) is 23.3. The monoisotopic (exact) mass is 736 g/mol. The molecule has 19 nitrogen and oxygen atoms in total. The Morgan fingerprint density at radius 3 is 2.62 bits per heavy atom. The van der Waals surface area contributed by atoms with Crippen LogP contribution in [0.3, 0.4) is 0 Å². The predicted molar refractivity (Wildman–Crippen MR) is 175 cm³/mol. The summed E-state index contributed by atoms with van der Waals surface area (Å²) >= 11 is 0.959. The second kappa shape index (κ2) is 12.1. The van der Waals surface area contributed by atoms with Crippen LogP contribution in [0, 0.1) is 5.41 Å². The van der Waals surface area contributed by atoms with Crippen molar-refractivity contribution in [2.24, 2.45) is 10.9 Å². The van der Waals surface area contributed by atoms with E-state index in [1.165, 1.54) is 26.2 Å². The van der Waals surface area contributed by atoms with E-state index in [0.717, 1.165) is 29.7 Å². The van der Waals surface area contributed by atoms with Gasteiger partial charge in [0, 0.05) is 30.3 Å². The number of amides is 2. The number of thiazole rings is 1. The Morgan fingerprint density at radius 2 is 2.04 bits per heavy atom. The predicted octanol–water partition coefficient (Wildman–Crippen LogP) is -0.302. The smallest absolute Gasteiger partial charge is 0.418 e. The lowest BCUT2D eigenvalue weighted by molar-refractivity contribution is -0.218. The van der Waals surface area contributed by atoms with Crippen LogP contribution in [0.4, 0.5) is 5.13 Å². The summed E-state index contributed by atoms with van der Waals surface area (Å²) in [5.74, 6) is -2.87. The Balaban J connectivity index is 1.17. The molecule has 2 amide bonds. The van der Waals surface area contributed by atoms with Crippen molar-refractivity contribution >= 4 is 56.2 Å². The number of aromatic nitrogens is 1. The van der Waals surface area contributed by atoms with Crippen LogP contribution in [-0.4, -0.2) is 105 Å². The molecule has 1 saturated carbocycles. The third kappa shape index (κ3) is 6.24. The first-order valence-corrected chi connectivity index (χ1v) is 17.6. The van der Waals surface area contributed by atoms with E-state index in [2.05, 4.69) is 25.1 Å². The fourth-order valence-electron chi connectivity index (χ4n) is 6.67. The van der Waals surface area contributed by atoms with Crippen molar-refractivity contribution < 1.29 is 51.1 Å². The number of rotatable bonds is 12. The molecule has 1 aromatic heterocycles. The number of oxime groups is 1. The van der Waals surface area contributed by atoms with Gasteiger partial charge in [-0.05, 0) is 57.4 Å². The topological polar surface area (TPSA) is 291 Å². The molecule has 1 aromatic carbocycles. The van der Waals surface area contributed by atoms with Crippen LogP contribution in [0.5, 0.6) is 5.75 Å². The minimum Gasteiger partial charge on any atom is -0.485 e. The third-order valence-electron chi connectivity index (χ3n) is 9.50. The van der Waals surface area contributed by atoms with E-state index < -0.39 is 57.2 Å². The average Bonchev–Trinajstić information content (AvgIpc) is 3.74. The van der Waals surface area contributed by atoms with Gasteiger partial charge in [-0.1, -0.05) is 5.16 Å². The molecule has 7 rings (SSSR count). The van der Waals surface area contributed by atoms with Crippen molar-refractivity contribution in [1.82, 2.24) is 20.7 Å². The van der Waals surface area contributed by atoms with Crippen molar-refractivity contribution in [2.45, 2.75) is 80.9 Å². The summed E-state index contributed by atoms with van der Waals surface area (Å²) in [4.78, 5) is 48.4. The lowest BCUT2D eigenvalue weighted by atomic mass is 9.68. The van der Waals surface area contributed by atoms with Crippen molar-refractivity contribution in [3.8, 4) is 5.75 Å². The maximum absolute atomic E-state index is 13.5. The first-order valence-electron chi connectivity index (χ1n) is 15.3. The van der Waals surface area contributed by atoms with Crippen LogP contribution >= 0.6 is 11.3 Å². The normalized spacial score (nSPS) is 27.9. The lowest BCUT2D eigenvalue weighted by Crippen LogP contribution is -2.76. The second-order valence-electron chi connectivity index (χ2n) is 13.5. The van der Waals surface area contributed by atoms with E-state index in [-0.39, 0.29) is 34.2 Å². The zero-order valence-electron chi connectivity index (χ0n) is 27.1. The van der Waals surface area contributed by atoms with E-state index in [0.29, 0.717) is 35.9 Å². The van der Waals surface area contributed by atoms with Gasteiger partial charge in [0.25, 0.3) is 17.4 Å². The number of nitrogens with one attached hydrogen (secondary N) is 3. The summed E-state index contributed by atoms with van der Waals surface area (Å²) in [6.45, 7) is 4.86. The highest BCUT2D eigenvalue weighted by Gasteiger charge is 2.62. The number of carboxylic acid groups (broad SMARTS) is 1. The molecule has 0 radical (unpaired) electrons. The number of aliphatic carboxylic acids is 1. The van der Waals surface area contributed by atoms with Gasteiger partial charge < -0.3 is 41.5 Å². The van der Waals surface area contributed by atoms with E-state index in [9.17, 15) is 27.9 Å². The molecular formula is C29H36N8O11S2. The highest BCUT2D eigenvalue weighted by molar-refractivity contribution is 7.80. The molecule has 1 aliphatic carbocycles. The standard InChI is InChI=1S/C29H36N8O11S2/c1-26(2)20(23(39)37(26)48-50(42,43)44)34-22(38)19(16-9-49-25(32)33-16)36-47-27(3,24(40)41)18-7-5-14-8-15(4-6-17(14)46-18)21(31)35-28-10-29(11-28,12-30)45-13-28/h4,6,8-9,18,20H,5,7,10-13,30H2,1-3H3,(H2,31,35)(H2,32,33)(H,34,38)(H,40,41)(H,42,43,44)/b36-19-/t18-,20-,27+,28?,29?/m1/s1. The van der Waals surface area contributed by atoms with Crippen LogP contribution in [0.2, 0.25) is 0 Å². The van der Waals surface area contributed by atoms with Gasteiger partial charge >= 0.3 is 16.4 Å². The van der Waals surface area contributed by atoms with Gasteiger partial charge in [0.2, 0.25) is 0 Å². The number of nitrogens with two attached hydrogens (primary N) is 2. The Morgan fingerprint density at radius 1 is 1.32 bits per heavy atom.